The van der Waals surface area contributed by atoms with Crippen LogP contribution in [0, 0.1) is 10.1 Å². The molecule has 2 heterocycles. The van der Waals surface area contributed by atoms with Crippen LogP contribution < -0.4 is 14.8 Å². The molecule has 6 nitrogen and oxygen atoms in total. The Labute approximate surface area is 126 Å². The van der Waals surface area contributed by atoms with Crippen molar-refractivity contribution in [2.75, 3.05) is 12.1 Å². The van der Waals surface area contributed by atoms with Crippen LogP contribution in [0.15, 0.2) is 28.1 Å². The Morgan fingerprint density at radius 2 is 2.15 bits per heavy atom. The number of thiophene rings is 1. The van der Waals surface area contributed by atoms with Crippen molar-refractivity contribution in [3.05, 3.63) is 43.0 Å². The molecule has 0 amide bonds. The van der Waals surface area contributed by atoms with Crippen molar-refractivity contribution < 1.29 is 14.4 Å². The number of nitro benzene ring substituents is 1. The van der Waals surface area contributed by atoms with Gasteiger partial charge in [-0.25, -0.2) is 0 Å². The first-order valence-corrected chi connectivity index (χ1v) is 7.36. The summed E-state index contributed by atoms with van der Waals surface area (Å²) in [6.45, 7) is 0.588. The first kappa shape index (κ1) is 13.2. The van der Waals surface area contributed by atoms with Crippen LogP contribution >= 0.6 is 27.3 Å². The quantitative estimate of drug-likeness (QED) is 0.666. The van der Waals surface area contributed by atoms with Crippen molar-refractivity contribution in [1.29, 1.82) is 0 Å². The second kappa shape index (κ2) is 5.29. The maximum absolute atomic E-state index is 11.1. The lowest BCUT2D eigenvalue weighted by molar-refractivity contribution is -0.384. The largest absolute Gasteiger partial charge is 0.454 e. The third kappa shape index (κ3) is 2.44. The Bertz CT molecular complexity index is 673. The van der Waals surface area contributed by atoms with Gasteiger partial charge in [0.15, 0.2) is 11.5 Å². The molecule has 8 heteroatoms. The molecule has 0 unspecified atom stereocenters. The summed E-state index contributed by atoms with van der Waals surface area (Å²) < 4.78 is 11.4. The molecule has 0 radical (unpaired) electrons. The maximum Gasteiger partial charge on any atom is 0.296 e. The molecule has 0 saturated carbocycles. The van der Waals surface area contributed by atoms with Gasteiger partial charge < -0.3 is 14.8 Å². The van der Waals surface area contributed by atoms with Gasteiger partial charge >= 0.3 is 0 Å². The molecule has 0 aliphatic carbocycles. The number of halogens is 1. The van der Waals surface area contributed by atoms with E-state index < -0.39 is 4.92 Å². The number of hydrogen-bond donors (Lipinski definition) is 1. The third-order valence-electron chi connectivity index (χ3n) is 2.82. The molecule has 1 aliphatic rings. The lowest BCUT2D eigenvalue weighted by atomic mass is 10.2. The Morgan fingerprint density at radius 1 is 1.40 bits per heavy atom. The van der Waals surface area contributed by atoms with E-state index in [1.807, 2.05) is 11.4 Å². The van der Waals surface area contributed by atoms with E-state index in [0.717, 1.165) is 9.35 Å². The van der Waals surface area contributed by atoms with E-state index >= 15 is 0 Å². The second-order valence-electron chi connectivity index (χ2n) is 4.02. The van der Waals surface area contributed by atoms with Crippen LogP contribution in [0.25, 0.3) is 0 Å². The third-order valence-corrected chi connectivity index (χ3v) is 4.74. The molecule has 1 N–H and O–H groups in total. The molecule has 2 aromatic rings. The predicted molar refractivity (Wildman–Crippen MR) is 78.6 cm³/mol. The number of anilines is 1. The summed E-state index contributed by atoms with van der Waals surface area (Å²) in [7, 11) is 0. The van der Waals surface area contributed by atoms with Gasteiger partial charge in [0.2, 0.25) is 6.79 Å². The van der Waals surface area contributed by atoms with Crippen molar-refractivity contribution in [1.82, 2.24) is 0 Å². The van der Waals surface area contributed by atoms with Gasteiger partial charge in [-0.05, 0) is 27.4 Å². The molecular weight excluding hydrogens is 348 g/mol. The van der Waals surface area contributed by atoms with Crippen LogP contribution in [-0.2, 0) is 6.54 Å². The van der Waals surface area contributed by atoms with Gasteiger partial charge in [-0.1, -0.05) is 0 Å². The summed E-state index contributed by atoms with van der Waals surface area (Å²) in [6.07, 6.45) is 0. The molecule has 0 fully saturated rings. The highest BCUT2D eigenvalue weighted by atomic mass is 79.9. The topological polar surface area (TPSA) is 73.6 Å². The van der Waals surface area contributed by atoms with Gasteiger partial charge in [0.1, 0.15) is 5.69 Å². The first-order chi connectivity index (χ1) is 9.65. The van der Waals surface area contributed by atoms with Gasteiger partial charge in [-0.2, -0.15) is 0 Å². The van der Waals surface area contributed by atoms with Crippen molar-refractivity contribution >= 4 is 38.6 Å². The highest BCUT2D eigenvalue weighted by Gasteiger charge is 2.23. The Hall–Kier alpha value is -1.80. The highest BCUT2D eigenvalue weighted by Crippen LogP contribution is 2.40. The average Bonchev–Trinajstić information content (AvgIpc) is 3.03. The van der Waals surface area contributed by atoms with Crippen LogP contribution in [0.4, 0.5) is 11.4 Å². The van der Waals surface area contributed by atoms with E-state index in [2.05, 4.69) is 21.2 Å². The lowest BCUT2D eigenvalue weighted by Gasteiger charge is -2.07. The van der Waals surface area contributed by atoms with E-state index in [9.17, 15) is 10.1 Å². The van der Waals surface area contributed by atoms with Gasteiger partial charge in [-0.15, -0.1) is 11.3 Å². The second-order valence-corrected chi connectivity index (χ2v) is 5.88. The van der Waals surface area contributed by atoms with Gasteiger partial charge in [0.25, 0.3) is 5.69 Å². The average molecular weight is 357 g/mol. The fourth-order valence-corrected chi connectivity index (χ4v) is 3.28. The molecule has 1 aliphatic heterocycles. The number of hydrogen-bond acceptors (Lipinski definition) is 6. The number of fused-ring (bicyclic) bond motifs is 1. The molecular formula is C12H9BrN2O4S. The fraction of sp³-hybridized carbons (Fsp3) is 0.167. The SMILES string of the molecule is O=[N+]([O-])c1cc2c(cc1NCc1sccc1Br)OCO2. The monoisotopic (exact) mass is 356 g/mol. The van der Waals surface area contributed by atoms with Crippen LogP contribution in [0.1, 0.15) is 4.88 Å². The van der Waals surface area contributed by atoms with Gasteiger partial charge in [0, 0.05) is 15.4 Å². The van der Waals surface area contributed by atoms with Crippen LogP contribution in [-0.4, -0.2) is 11.7 Å². The summed E-state index contributed by atoms with van der Waals surface area (Å²) in [5.41, 5.74) is 0.390. The summed E-state index contributed by atoms with van der Waals surface area (Å²) in [5, 5.41) is 16.1. The van der Waals surface area contributed by atoms with Crippen molar-refractivity contribution in [3.8, 4) is 11.5 Å². The Kier molecular flexibility index (Phi) is 3.49. The zero-order valence-corrected chi connectivity index (χ0v) is 12.5. The van der Waals surface area contributed by atoms with Crippen molar-refractivity contribution in [3.63, 3.8) is 0 Å². The highest BCUT2D eigenvalue weighted by molar-refractivity contribution is 9.10. The zero-order chi connectivity index (χ0) is 14.1. The van der Waals surface area contributed by atoms with E-state index in [1.54, 1.807) is 17.4 Å². The van der Waals surface area contributed by atoms with Gasteiger partial charge in [-0.3, -0.25) is 10.1 Å². The molecule has 0 spiro atoms. The van der Waals surface area contributed by atoms with Crippen molar-refractivity contribution in [2.45, 2.75) is 6.54 Å². The molecule has 1 aromatic heterocycles. The number of nitrogens with one attached hydrogen (secondary N) is 1. The van der Waals surface area contributed by atoms with Crippen LogP contribution in [0.2, 0.25) is 0 Å². The molecule has 1 aromatic carbocycles. The Balaban J connectivity index is 1.88. The Morgan fingerprint density at radius 3 is 2.80 bits per heavy atom. The minimum Gasteiger partial charge on any atom is -0.454 e. The smallest absolute Gasteiger partial charge is 0.296 e. The van der Waals surface area contributed by atoms with Crippen molar-refractivity contribution in [2.24, 2.45) is 0 Å². The minimum absolute atomic E-state index is 0.0260. The first-order valence-electron chi connectivity index (χ1n) is 5.69. The number of nitrogens with zero attached hydrogens (tertiary/aromatic N) is 1. The summed E-state index contributed by atoms with van der Waals surface area (Å²) in [5.74, 6) is 0.919. The van der Waals surface area contributed by atoms with E-state index in [4.69, 9.17) is 9.47 Å². The minimum atomic E-state index is -0.437. The molecule has 104 valence electrons. The summed E-state index contributed by atoms with van der Waals surface area (Å²) in [6, 6.07) is 4.92. The number of rotatable bonds is 4. The van der Waals surface area contributed by atoms with Gasteiger partial charge in [0.05, 0.1) is 17.5 Å². The van der Waals surface area contributed by atoms with Crippen LogP contribution in [0.3, 0.4) is 0 Å². The zero-order valence-electron chi connectivity index (χ0n) is 10.1. The van der Waals surface area contributed by atoms with E-state index in [-0.39, 0.29) is 12.5 Å². The lowest BCUT2D eigenvalue weighted by Crippen LogP contribution is -2.02. The maximum atomic E-state index is 11.1. The van der Waals surface area contributed by atoms with E-state index in [1.165, 1.54) is 6.07 Å². The standard InChI is InChI=1S/C12H9BrN2O4S/c13-7-1-2-20-12(7)5-14-8-3-10-11(19-6-18-10)4-9(8)15(16)17/h1-4,14H,5-6H2. The molecule has 0 saturated heterocycles. The molecule has 0 atom stereocenters. The van der Waals surface area contributed by atoms with E-state index in [0.29, 0.717) is 23.7 Å². The number of benzene rings is 1. The fourth-order valence-electron chi connectivity index (χ4n) is 1.85. The molecule has 0 bridgehead atoms. The normalized spacial score (nSPS) is 12.4. The summed E-state index contributed by atoms with van der Waals surface area (Å²) in [4.78, 5) is 11.7. The van der Waals surface area contributed by atoms with Crippen LogP contribution in [0.5, 0.6) is 11.5 Å². The number of nitro groups is 1. The number of ether oxygens (including phenoxy) is 2. The summed E-state index contributed by atoms with van der Waals surface area (Å²) >= 11 is 5.00. The molecule has 20 heavy (non-hydrogen) atoms. The molecule has 3 rings (SSSR count). The predicted octanol–water partition coefficient (Wildman–Crippen LogP) is 3.76.